The normalized spacial score (nSPS) is 16.5. The van der Waals surface area contributed by atoms with Crippen molar-refractivity contribution in [3.63, 3.8) is 0 Å². The van der Waals surface area contributed by atoms with Crippen LogP contribution in [0.3, 0.4) is 0 Å². The molecule has 35 heavy (non-hydrogen) atoms. The summed E-state index contributed by atoms with van der Waals surface area (Å²) >= 11 is 0. The van der Waals surface area contributed by atoms with E-state index >= 15 is 0 Å². The molecule has 180 valence electrons. The van der Waals surface area contributed by atoms with E-state index in [9.17, 15) is 0 Å². The van der Waals surface area contributed by atoms with Crippen molar-refractivity contribution in [1.82, 2.24) is 24.1 Å². The number of aromatic nitrogens is 3. The minimum Gasteiger partial charge on any atom is -0.486 e. The molecule has 7 nitrogen and oxygen atoms in total. The summed E-state index contributed by atoms with van der Waals surface area (Å²) in [6.45, 7) is 9.91. The lowest BCUT2D eigenvalue weighted by molar-refractivity contribution is 0.132. The molecule has 0 radical (unpaired) electrons. The maximum absolute atomic E-state index is 5.76. The Morgan fingerprint density at radius 1 is 0.800 bits per heavy atom. The molecule has 0 saturated carbocycles. The average Bonchev–Trinajstić information content (AvgIpc) is 3.59. The first-order valence-corrected chi connectivity index (χ1v) is 12.4. The number of benzene rings is 2. The van der Waals surface area contributed by atoms with Crippen molar-refractivity contribution < 1.29 is 9.47 Å². The molecule has 0 bridgehead atoms. The monoisotopic (exact) mass is 469 g/mol. The van der Waals surface area contributed by atoms with Crippen LogP contribution in [0.5, 0.6) is 11.5 Å². The van der Waals surface area contributed by atoms with Crippen LogP contribution in [0.2, 0.25) is 0 Å². The minimum atomic E-state index is 0.591. The number of likely N-dealkylation sites (N-methyl/N-ethyl adjacent to an activating group) is 1. The molecule has 0 spiro atoms. The lowest BCUT2D eigenvalue weighted by atomic mass is 10.0. The van der Waals surface area contributed by atoms with Crippen LogP contribution >= 0.6 is 0 Å². The summed E-state index contributed by atoms with van der Waals surface area (Å²) in [5, 5.41) is 4.82. The molecule has 4 aromatic rings. The van der Waals surface area contributed by atoms with Gasteiger partial charge < -0.3 is 18.9 Å². The van der Waals surface area contributed by atoms with Crippen molar-refractivity contribution >= 4 is 0 Å². The fraction of sp³-hybridized carbons (Fsp3) is 0.321. The molecule has 2 aromatic carbocycles. The maximum Gasteiger partial charge on any atom is 0.161 e. The highest BCUT2D eigenvalue weighted by molar-refractivity contribution is 5.68. The Balaban J connectivity index is 1.28. The molecule has 2 aromatic heterocycles. The van der Waals surface area contributed by atoms with E-state index in [2.05, 4.69) is 82.2 Å². The Morgan fingerprint density at radius 2 is 1.49 bits per heavy atom. The average molecular weight is 470 g/mol. The van der Waals surface area contributed by atoms with Crippen molar-refractivity contribution in [3.05, 3.63) is 78.8 Å². The van der Waals surface area contributed by atoms with E-state index in [1.165, 1.54) is 5.56 Å². The Kier molecular flexibility index (Phi) is 6.02. The number of ether oxygens (including phenoxy) is 2. The predicted molar refractivity (Wildman–Crippen MR) is 137 cm³/mol. The first-order valence-electron chi connectivity index (χ1n) is 12.4. The van der Waals surface area contributed by atoms with Crippen LogP contribution in [0.1, 0.15) is 12.5 Å². The fourth-order valence-electron chi connectivity index (χ4n) is 4.95. The summed E-state index contributed by atoms with van der Waals surface area (Å²) in [7, 11) is 0. The molecule has 0 N–H and O–H groups in total. The van der Waals surface area contributed by atoms with Crippen LogP contribution in [-0.4, -0.2) is 70.1 Å². The maximum atomic E-state index is 5.76. The SMILES string of the molecule is CCN1CCN(Cc2cnn(-c3ccc(-c4ccc5c(c4)OCCO5)cc3)c2-n2cccc2)CC1. The highest BCUT2D eigenvalue weighted by Crippen LogP contribution is 2.35. The lowest BCUT2D eigenvalue weighted by Gasteiger charge is -2.33. The molecule has 0 aliphatic carbocycles. The quantitative estimate of drug-likeness (QED) is 0.423. The van der Waals surface area contributed by atoms with E-state index in [0.29, 0.717) is 13.2 Å². The number of hydrogen-bond acceptors (Lipinski definition) is 5. The third-order valence-electron chi connectivity index (χ3n) is 6.96. The molecule has 1 saturated heterocycles. The second-order valence-electron chi connectivity index (χ2n) is 9.11. The van der Waals surface area contributed by atoms with Gasteiger partial charge in [-0.1, -0.05) is 25.1 Å². The molecule has 0 amide bonds. The Bertz CT molecular complexity index is 1270. The molecule has 1 fully saturated rings. The van der Waals surface area contributed by atoms with Crippen LogP contribution < -0.4 is 9.47 Å². The predicted octanol–water partition coefficient (Wildman–Crippen LogP) is 4.24. The van der Waals surface area contributed by atoms with Crippen LogP contribution in [-0.2, 0) is 6.54 Å². The van der Waals surface area contributed by atoms with Crippen molar-refractivity contribution in [2.75, 3.05) is 45.9 Å². The van der Waals surface area contributed by atoms with E-state index < -0.39 is 0 Å². The molecule has 0 atom stereocenters. The Hall–Kier alpha value is -3.55. The molecule has 0 unspecified atom stereocenters. The van der Waals surface area contributed by atoms with Gasteiger partial charge in [-0.25, -0.2) is 4.68 Å². The number of rotatable bonds is 6. The van der Waals surface area contributed by atoms with Crippen LogP contribution in [0, 0.1) is 0 Å². The van der Waals surface area contributed by atoms with Crippen LogP contribution in [0.15, 0.2) is 73.2 Å². The van der Waals surface area contributed by atoms with Crippen molar-refractivity contribution in [3.8, 4) is 34.1 Å². The van der Waals surface area contributed by atoms with Gasteiger partial charge in [-0.2, -0.15) is 5.10 Å². The van der Waals surface area contributed by atoms with Gasteiger partial charge in [-0.05, 0) is 54.1 Å². The molecular formula is C28H31N5O2. The molecule has 6 rings (SSSR count). The van der Waals surface area contributed by atoms with Gasteiger partial charge >= 0.3 is 0 Å². The van der Waals surface area contributed by atoms with Gasteiger partial charge in [0, 0.05) is 50.7 Å². The van der Waals surface area contributed by atoms with Gasteiger partial charge in [0.1, 0.15) is 19.0 Å². The van der Waals surface area contributed by atoms with E-state index in [0.717, 1.165) is 73.4 Å². The van der Waals surface area contributed by atoms with Crippen LogP contribution in [0.25, 0.3) is 22.6 Å². The number of piperazine rings is 1. The first-order chi connectivity index (χ1) is 17.3. The zero-order valence-electron chi connectivity index (χ0n) is 20.1. The molecular weight excluding hydrogens is 438 g/mol. The number of nitrogens with zero attached hydrogens (tertiary/aromatic N) is 5. The zero-order chi connectivity index (χ0) is 23.6. The van der Waals surface area contributed by atoms with Crippen molar-refractivity contribution in [2.45, 2.75) is 13.5 Å². The molecule has 2 aliphatic rings. The van der Waals surface area contributed by atoms with E-state index in [4.69, 9.17) is 14.6 Å². The Morgan fingerprint density at radius 3 is 2.23 bits per heavy atom. The summed E-state index contributed by atoms with van der Waals surface area (Å²) in [6, 6.07) is 18.8. The second kappa shape index (κ2) is 9.60. The first kappa shape index (κ1) is 21.9. The molecule has 2 aliphatic heterocycles. The van der Waals surface area contributed by atoms with Gasteiger partial charge in [0.15, 0.2) is 11.5 Å². The van der Waals surface area contributed by atoms with Gasteiger partial charge in [0.2, 0.25) is 0 Å². The lowest BCUT2D eigenvalue weighted by Crippen LogP contribution is -2.45. The second-order valence-corrected chi connectivity index (χ2v) is 9.11. The minimum absolute atomic E-state index is 0.591. The van der Waals surface area contributed by atoms with Gasteiger partial charge in [0.05, 0.1) is 11.9 Å². The third kappa shape index (κ3) is 4.45. The summed E-state index contributed by atoms with van der Waals surface area (Å²) in [4.78, 5) is 5.04. The fourth-order valence-corrected chi connectivity index (χ4v) is 4.95. The summed E-state index contributed by atoms with van der Waals surface area (Å²) in [6.07, 6.45) is 6.21. The van der Waals surface area contributed by atoms with Crippen molar-refractivity contribution in [1.29, 1.82) is 0 Å². The van der Waals surface area contributed by atoms with E-state index in [1.807, 2.05) is 16.9 Å². The summed E-state index contributed by atoms with van der Waals surface area (Å²) in [5.74, 6) is 2.72. The topological polar surface area (TPSA) is 47.7 Å². The van der Waals surface area contributed by atoms with E-state index in [1.54, 1.807) is 0 Å². The van der Waals surface area contributed by atoms with Gasteiger partial charge in [-0.15, -0.1) is 0 Å². The molecule has 4 heterocycles. The molecule has 7 heteroatoms. The van der Waals surface area contributed by atoms with Gasteiger partial charge in [0.25, 0.3) is 0 Å². The largest absolute Gasteiger partial charge is 0.486 e. The third-order valence-corrected chi connectivity index (χ3v) is 6.96. The number of fused-ring (bicyclic) bond motifs is 1. The highest BCUT2D eigenvalue weighted by atomic mass is 16.6. The van der Waals surface area contributed by atoms with Crippen LogP contribution in [0.4, 0.5) is 0 Å². The number of hydrogen-bond donors (Lipinski definition) is 0. The summed E-state index contributed by atoms with van der Waals surface area (Å²) < 4.78 is 15.6. The summed E-state index contributed by atoms with van der Waals surface area (Å²) in [5.41, 5.74) is 4.52. The van der Waals surface area contributed by atoms with Gasteiger partial charge in [-0.3, -0.25) is 4.90 Å². The highest BCUT2D eigenvalue weighted by Gasteiger charge is 2.20. The van der Waals surface area contributed by atoms with E-state index in [-0.39, 0.29) is 0 Å². The van der Waals surface area contributed by atoms with Crippen molar-refractivity contribution in [2.24, 2.45) is 0 Å². The smallest absolute Gasteiger partial charge is 0.161 e. The Labute approximate surface area is 206 Å². The zero-order valence-corrected chi connectivity index (χ0v) is 20.1. The standard InChI is InChI=1S/C28H31N5O2/c1-2-30-13-15-31(16-14-30)21-24-20-29-33(28(24)32-11-3-4-12-32)25-8-5-22(6-9-25)23-7-10-26-27(19-23)35-18-17-34-26/h3-12,19-20H,2,13-18,21H2,1H3.